The van der Waals surface area contributed by atoms with Crippen molar-refractivity contribution in [2.45, 2.75) is 20.5 Å². The second kappa shape index (κ2) is 10.0. The Bertz CT molecular complexity index is 1650. The van der Waals surface area contributed by atoms with Gasteiger partial charge in [0.25, 0.3) is 0 Å². The number of carbonyl (C=O) groups excluding carboxylic acids is 3. The lowest BCUT2D eigenvalue weighted by atomic mass is 10.0. The van der Waals surface area contributed by atoms with E-state index in [1.54, 1.807) is 50.2 Å². The Labute approximate surface area is 213 Å². The molecule has 0 bridgehead atoms. The first-order valence-electron chi connectivity index (χ1n) is 11.8. The van der Waals surface area contributed by atoms with E-state index < -0.39 is 11.9 Å². The standard InChI is InChI=1S/C31H23NO5/c1-19-14-23(30(34)36-18-21-8-4-3-5-9-21)15-20(2)29(19)37-31(35)28-24-10-6-7-11-26(24)32-27-13-12-22(17-33)16-25(27)28/h3-17H,18H2,1-2H3. The minimum Gasteiger partial charge on any atom is -0.457 e. The van der Waals surface area contributed by atoms with Crippen molar-refractivity contribution in [1.82, 2.24) is 4.98 Å². The van der Waals surface area contributed by atoms with Crippen molar-refractivity contribution in [2.24, 2.45) is 0 Å². The Morgan fingerprint density at radius 2 is 1.46 bits per heavy atom. The SMILES string of the molecule is Cc1cc(C(=O)OCc2ccccc2)cc(C)c1OC(=O)c1c2ccccc2nc2ccc(C=O)cc12. The van der Waals surface area contributed by atoms with Crippen LogP contribution in [-0.4, -0.2) is 23.2 Å². The molecular weight excluding hydrogens is 466 g/mol. The number of aryl methyl sites for hydroxylation is 2. The smallest absolute Gasteiger partial charge is 0.344 e. The second-order valence-electron chi connectivity index (χ2n) is 8.79. The monoisotopic (exact) mass is 489 g/mol. The van der Waals surface area contributed by atoms with E-state index in [1.807, 2.05) is 48.5 Å². The molecule has 0 amide bonds. The van der Waals surface area contributed by atoms with E-state index >= 15 is 0 Å². The van der Waals surface area contributed by atoms with Gasteiger partial charge in [0.05, 0.1) is 22.2 Å². The van der Waals surface area contributed by atoms with Crippen LogP contribution in [0.5, 0.6) is 5.75 Å². The molecule has 0 saturated heterocycles. The van der Waals surface area contributed by atoms with Crippen LogP contribution in [0.3, 0.4) is 0 Å². The Morgan fingerprint density at radius 3 is 2.19 bits per heavy atom. The topological polar surface area (TPSA) is 82.6 Å². The summed E-state index contributed by atoms with van der Waals surface area (Å²) in [5.41, 5.74) is 4.50. The fraction of sp³-hybridized carbons (Fsp3) is 0.0968. The van der Waals surface area contributed by atoms with Gasteiger partial charge in [-0.1, -0.05) is 48.5 Å². The van der Waals surface area contributed by atoms with Crippen molar-refractivity contribution >= 4 is 40.0 Å². The number of para-hydroxylation sites is 1. The second-order valence-corrected chi connectivity index (χ2v) is 8.79. The van der Waals surface area contributed by atoms with E-state index in [-0.39, 0.29) is 6.61 Å². The summed E-state index contributed by atoms with van der Waals surface area (Å²) in [6, 6.07) is 25.1. The lowest BCUT2D eigenvalue weighted by Gasteiger charge is -2.15. The molecule has 6 nitrogen and oxygen atoms in total. The Morgan fingerprint density at radius 1 is 0.784 bits per heavy atom. The predicted octanol–water partition coefficient (Wildman–Crippen LogP) is 6.39. The average molecular weight is 490 g/mol. The van der Waals surface area contributed by atoms with Crippen LogP contribution in [0.1, 0.15) is 47.8 Å². The predicted molar refractivity (Wildman–Crippen MR) is 141 cm³/mol. The highest BCUT2D eigenvalue weighted by Gasteiger charge is 2.21. The third-order valence-corrected chi connectivity index (χ3v) is 6.15. The molecule has 0 aliphatic heterocycles. The van der Waals surface area contributed by atoms with Crippen LogP contribution in [0.2, 0.25) is 0 Å². The highest BCUT2D eigenvalue weighted by molar-refractivity contribution is 6.15. The molecule has 0 spiro atoms. The van der Waals surface area contributed by atoms with E-state index in [1.165, 1.54) is 0 Å². The number of aromatic nitrogens is 1. The summed E-state index contributed by atoms with van der Waals surface area (Å²) < 4.78 is 11.4. The summed E-state index contributed by atoms with van der Waals surface area (Å²) in [5, 5.41) is 1.16. The molecule has 1 heterocycles. The highest BCUT2D eigenvalue weighted by atomic mass is 16.5. The minimum absolute atomic E-state index is 0.166. The number of hydrogen-bond acceptors (Lipinski definition) is 6. The molecule has 37 heavy (non-hydrogen) atoms. The van der Waals surface area contributed by atoms with Gasteiger partial charge in [-0.05, 0) is 66.9 Å². The highest BCUT2D eigenvalue weighted by Crippen LogP contribution is 2.31. The molecule has 0 radical (unpaired) electrons. The quantitative estimate of drug-likeness (QED) is 0.119. The van der Waals surface area contributed by atoms with Gasteiger partial charge in [0.15, 0.2) is 0 Å². The number of carbonyl (C=O) groups is 3. The molecule has 6 heteroatoms. The van der Waals surface area contributed by atoms with E-state index in [0.717, 1.165) is 11.8 Å². The molecule has 1 aromatic heterocycles. The molecular formula is C31H23NO5. The van der Waals surface area contributed by atoms with Gasteiger partial charge in [0.2, 0.25) is 0 Å². The number of benzene rings is 4. The summed E-state index contributed by atoms with van der Waals surface area (Å²) in [7, 11) is 0. The molecule has 5 rings (SSSR count). The number of esters is 2. The van der Waals surface area contributed by atoms with E-state index in [4.69, 9.17) is 9.47 Å². The summed E-state index contributed by atoms with van der Waals surface area (Å²) in [6.07, 6.45) is 0.730. The molecule has 0 aliphatic carbocycles. The van der Waals surface area contributed by atoms with Crippen LogP contribution >= 0.6 is 0 Å². The maximum Gasteiger partial charge on any atom is 0.344 e. The van der Waals surface area contributed by atoms with Crippen LogP contribution in [0.15, 0.2) is 84.9 Å². The van der Waals surface area contributed by atoms with E-state index in [0.29, 0.717) is 55.4 Å². The van der Waals surface area contributed by atoms with Crippen LogP contribution in [-0.2, 0) is 11.3 Å². The maximum absolute atomic E-state index is 13.6. The van der Waals surface area contributed by atoms with Crippen LogP contribution in [0.4, 0.5) is 0 Å². The number of aldehydes is 1. The zero-order valence-corrected chi connectivity index (χ0v) is 20.4. The molecule has 182 valence electrons. The van der Waals surface area contributed by atoms with Gasteiger partial charge in [0.1, 0.15) is 18.6 Å². The molecule has 0 fully saturated rings. The van der Waals surface area contributed by atoms with Crippen LogP contribution in [0.25, 0.3) is 21.8 Å². The van der Waals surface area contributed by atoms with Gasteiger partial charge in [0, 0.05) is 16.3 Å². The van der Waals surface area contributed by atoms with Gasteiger partial charge in [-0.2, -0.15) is 0 Å². The fourth-order valence-electron chi connectivity index (χ4n) is 4.38. The number of nitrogens with zero attached hydrogens (tertiary/aromatic N) is 1. The molecule has 4 aromatic carbocycles. The van der Waals surface area contributed by atoms with Crippen molar-refractivity contribution in [3.8, 4) is 5.75 Å². The van der Waals surface area contributed by atoms with Crippen molar-refractivity contribution < 1.29 is 23.9 Å². The zero-order chi connectivity index (χ0) is 25.9. The first-order chi connectivity index (χ1) is 17.9. The zero-order valence-electron chi connectivity index (χ0n) is 20.4. The van der Waals surface area contributed by atoms with Crippen molar-refractivity contribution in [2.75, 3.05) is 0 Å². The molecule has 0 aliphatic rings. The first-order valence-corrected chi connectivity index (χ1v) is 11.8. The Balaban J connectivity index is 1.47. The average Bonchev–Trinajstić information content (AvgIpc) is 2.92. The normalized spacial score (nSPS) is 10.9. The van der Waals surface area contributed by atoms with Gasteiger partial charge in [-0.15, -0.1) is 0 Å². The number of hydrogen-bond donors (Lipinski definition) is 0. The Hall–Kier alpha value is -4.84. The summed E-state index contributed by atoms with van der Waals surface area (Å²) >= 11 is 0. The first kappa shape index (κ1) is 23.9. The van der Waals surface area contributed by atoms with Gasteiger partial charge < -0.3 is 9.47 Å². The van der Waals surface area contributed by atoms with Gasteiger partial charge >= 0.3 is 11.9 Å². The van der Waals surface area contributed by atoms with Crippen LogP contribution in [0, 0.1) is 13.8 Å². The van der Waals surface area contributed by atoms with Crippen LogP contribution < -0.4 is 4.74 Å². The summed E-state index contributed by atoms with van der Waals surface area (Å²) in [4.78, 5) is 42.3. The largest absolute Gasteiger partial charge is 0.457 e. The number of ether oxygens (including phenoxy) is 2. The molecule has 0 unspecified atom stereocenters. The minimum atomic E-state index is -0.572. The van der Waals surface area contributed by atoms with E-state index in [9.17, 15) is 14.4 Å². The van der Waals surface area contributed by atoms with Crippen molar-refractivity contribution in [3.05, 3.63) is 118 Å². The molecule has 5 aromatic rings. The van der Waals surface area contributed by atoms with Crippen molar-refractivity contribution in [1.29, 1.82) is 0 Å². The molecule has 0 atom stereocenters. The molecule has 0 saturated carbocycles. The lowest BCUT2D eigenvalue weighted by molar-refractivity contribution is 0.0472. The Kier molecular flexibility index (Phi) is 6.47. The van der Waals surface area contributed by atoms with Gasteiger partial charge in [-0.3, -0.25) is 4.79 Å². The summed E-state index contributed by atoms with van der Waals surface area (Å²) in [5.74, 6) is -0.664. The number of fused-ring (bicyclic) bond motifs is 2. The third-order valence-electron chi connectivity index (χ3n) is 6.15. The fourth-order valence-corrected chi connectivity index (χ4v) is 4.38. The molecule has 0 N–H and O–H groups in total. The third kappa shape index (κ3) is 4.82. The number of rotatable bonds is 6. The van der Waals surface area contributed by atoms with E-state index in [2.05, 4.69) is 4.98 Å². The summed E-state index contributed by atoms with van der Waals surface area (Å²) in [6.45, 7) is 3.72. The van der Waals surface area contributed by atoms with Gasteiger partial charge in [-0.25, -0.2) is 14.6 Å². The lowest BCUT2D eigenvalue weighted by Crippen LogP contribution is -2.13. The van der Waals surface area contributed by atoms with Crippen molar-refractivity contribution in [3.63, 3.8) is 0 Å². The number of pyridine rings is 1. The maximum atomic E-state index is 13.6.